The molecule has 0 radical (unpaired) electrons. The number of fused-ring (bicyclic) bond motifs is 1. The first kappa shape index (κ1) is 14.9. The molecule has 0 aliphatic carbocycles. The molecule has 1 N–H and O–H groups in total. The van der Waals surface area contributed by atoms with Crippen molar-refractivity contribution >= 4 is 0 Å². The van der Waals surface area contributed by atoms with Gasteiger partial charge in [-0.05, 0) is 19.4 Å². The van der Waals surface area contributed by atoms with Crippen LogP contribution in [0.5, 0.6) is 0 Å². The van der Waals surface area contributed by atoms with Gasteiger partial charge in [0.05, 0.1) is 19.8 Å². The molecule has 0 amide bonds. The van der Waals surface area contributed by atoms with E-state index in [2.05, 4.69) is 0 Å². The second kappa shape index (κ2) is 5.66. The van der Waals surface area contributed by atoms with Crippen LogP contribution in [0.2, 0.25) is 0 Å². The summed E-state index contributed by atoms with van der Waals surface area (Å²) in [5.74, 6) is -0.623. The van der Waals surface area contributed by atoms with Crippen LogP contribution in [0.3, 0.4) is 0 Å². The maximum Gasteiger partial charge on any atom is 0.188 e. The molecule has 5 heteroatoms. The summed E-state index contributed by atoms with van der Waals surface area (Å²) in [5.41, 5.74) is 0.359. The van der Waals surface area contributed by atoms with Crippen LogP contribution in [0, 0.1) is 0 Å². The highest BCUT2D eigenvalue weighted by atomic mass is 16.8. The van der Waals surface area contributed by atoms with E-state index >= 15 is 0 Å². The first-order valence-electron chi connectivity index (χ1n) is 7.28. The molecule has 1 aromatic rings. The summed E-state index contributed by atoms with van der Waals surface area (Å²) in [6.07, 6.45) is 0.00629. The molecule has 0 spiro atoms. The minimum atomic E-state index is -0.736. The number of benzene rings is 1. The van der Waals surface area contributed by atoms with E-state index in [1.807, 2.05) is 44.2 Å². The van der Waals surface area contributed by atoms with Crippen molar-refractivity contribution in [3.8, 4) is 0 Å². The average molecular weight is 294 g/mol. The van der Waals surface area contributed by atoms with E-state index in [1.165, 1.54) is 0 Å². The largest absolute Gasteiger partial charge is 0.393 e. The van der Waals surface area contributed by atoms with Crippen molar-refractivity contribution in [2.24, 2.45) is 0 Å². The first-order valence-corrected chi connectivity index (χ1v) is 7.28. The second-order valence-corrected chi connectivity index (χ2v) is 6.18. The molecule has 2 aliphatic rings. The van der Waals surface area contributed by atoms with Crippen molar-refractivity contribution in [1.29, 1.82) is 0 Å². The van der Waals surface area contributed by atoms with Crippen LogP contribution < -0.4 is 0 Å². The lowest BCUT2D eigenvalue weighted by Crippen LogP contribution is -2.41. The summed E-state index contributed by atoms with van der Waals surface area (Å²) in [6.45, 7) is 4.43. The van der Waals surface area contributed by atoms with Gasteiger partial charge in [-0.25, -0.2) is 0 Å². The zero-order valence-corrected chi connectivity index (χ0v) is 12.5. The lowest BCUT2D eigenvalue weighted by molar-refractivity contribution is -0.239. The third kappa shape index (κ3) is 3.27. The van der Waals surface area contributed by atoms with Crippen molar-refractivity contribution in [2.75, 3.05) is 13.2 Å². The van der Waals surface area contributed by atoms with E-state index in [9.17, 15) is 5.11 Å². The molecule has 0 saturated carbocycles. The monoisotopic (exact) mass is 294 g/mol. The van der Waals surface area contributed by atoms with E-state index in [-0.39, 0.29) is 12.7 Å². The zero-order chi connectivity index (χ0) is 14.9. The lowest BCUT2D eigenvalue weighted by atomic mass is 10.0. The van der Waals surface area contributed by atoms with Gasteiger partial charge in [-0.1, -0.05) is 30.3 Å². The van der Waals surface area contributed by atoms with Crippen molar-refractivity contribution < 1.29 is 24.1 Å². The fraction of sp³-hybridized carbons (Fsp3) is 0.625. The molecule has 3 rings (SSSR count). The Morgan fingerprint density at radius 3 is 2.62 bits per heavy atom. The van der Waals surface area contributed by atoms with Crippen LogP contribution in [0.25, 0.3) is 0 Å². The minimum absolute atomic E-state index is 0.109. The molecule has 1 aromatic carbocycles. The third-order valence-corrected chi connectivity index (χ3v) is 3.84. The quantitative estimate of drug-likeness (QED) is 0.898. The van der Waals surface area contributed by atoms with Gasteiger partial charge >= 0.3 is 0 Å². The Kier molecular flexibility index (Phi) is 4.03. The predicted molar refractivity (Wildman–Crippen MR) is 75.4 cm³/mol. The van der Waals surface area contributed by atoms with Crippen LogP contribution in [0.15, 0.2) is 30.3 Å². The third-order valence-electron chi connectivity index (χ3n) is 3.84. The van der Waals surface area contributed by atoms with Crippen molar-refractivity contribution in [3.05, 3.63) is 35.9 Å². The summed E-state index contributed by atoms with van der Waals surface area (Å²) in [6, 6.07) is 9.92. The fourth-order valence-electron chi connectivity index (χ4n) is 2.87. The molecule has 0 aromatic heterocycles. The van der Waals surface area contributed by atoms with Crippen molar-refractivity contribution in [2.45, 2.75) is 50.7 Å². The molecule has 0 bridgehead atoms. The smallest absolute Gasteiger partial charge is 0.188 e. The molecule has 116 valence electrons. The van der Waals surface area contributed by atoms with Gasteiger partial charge < -0.3 is 24.1 Å². The van der Waals surface area contributed by atoms with Crippen molar-refractivity contribution in [3.63, 3.8) is 0 Å². The Labute approximate surface area is 124 Å². The summed E-state index contributed by atoms with van der Waals surface area (Å²) in [7, 11) is 0. The summed E-state index contributed by atoms with van der Waals surface area (Å²) < 4.78 is 23.1. The topological polar surface area (TPSA) is 57.2 Å². The number of hydrogen-bond donors (Lipinski definition) is 1. The molecule has 2 fully saturated rings. The van der Waals surface area contributed by atoms with Crippen LogP contribution in [-0.4, -0.2) is 42.1 Å². The molecule has 1 unspecified atom stereocenters. The van der Waals surface area contributed by atoms with Gasteiger partial charge in [0, 0.05) is 6.42 Å². The van der Waals surface area contributed by atoms with Gasteiger partial charge in [0.1, 0.15) is 11.7 Å². The van der Waals surface area contributed by atoms with E-state index in [1.54, 1.807) is 0 Å². The molecule has 2 saturated heterocycles. The maximum absolute atomic E-state index is 9.68. The van der Waals surface area contributed by atoms with E-state index in [0.29, 0.717) is 19.6 Å². The van der Waals surface area contributed by atoms with Gasteiger partial charge in [0.15, 0.2) is 12.1 Å². The fourth-order valence-corrected chi connectivity index (χ4v) is 2.87. The van der Waals surface area contributed by atoms with Crippen LogP contribution in [0.1, 0.15) is 25.8 Å². The number of rotatable bonds is 5. The Morgan fingerprint density at radius 1 is 1.19 bits per heavy atom. The highest BCUT2D eigenvalue weighted by molar-refractivity contribution is 5.13. The molecule has 2 aliphatic heterocycles. The standard InChI is InChI=1S/C16H22O5/c1-15(2)19-13-8-16(10-17,21-14(13)20-15)11-18-9-12-6-4-3-5-7-12/h3-7,13-14,17H,8-11H2,1-2H3/t13?,14-,16+/m0/s1. The summed E-state index contributed by atoms with van der Waals surface area (Å²) >= 11 is 0. The second-order valence-electron chi connectivity index (χ2n) is 6.18. The average Bonchev–Trinajstić information content (AvgIpc) is 2.90. The molecule has 2 heterocycles. The number of ether oxygens (including phenoxy) is 4. The normalized spacial score (nSPS) is 34.0. The van der Waals surface area contributed by atoms with Gasteiger partial charge in [0.25, 0.3) is 0 Å². The maximum atomic E-state index is 9.68. The van der Waals surface area contributed by atoms with Gasteiger partial charge in [-0.15, -0.1) is 0 Å². The zero-order valence-electron chi connectivity index (χ0n) is 12.5. The minimum Gasteiger partial charge on any atom is -0.393 e. The predicted octanol–water partition coefficient (Wildman–Crippen LogP) is 1.83. The lowest BCUT2D eigenvalue weighted by Gasteiger charge is -2.29. The number of aliphatic hydroxyl groups is 1. The number of hydrogen-bond acceptors (Lipinski definition) is 5. The highest BCUT2D eigenvalue weighted by Gasteiger charge is 2.55. The van der Waals surface area contributed by atoms with Gasteiger partial charge in [0.2, 0.25) is 0 Å². The van der Waals surface area contributed by atoms with E-state index in [4.69, 9.17) is 18.9 Å². The molecular weight excluding hydrogens is 272 g/mol. The molecule has 5 nitrogen and oxygen atoms in total. The molecule has 3 atom stereocenters. The molecular formula is C16H22O5. The van der Waals surface area contributed by atoms with Crippen LogP contribution in [-0.2, 0) is 25.6 Å². The van der Waals surface area contributed by atoms with E-state index < -0.39 is 17.7 Å². The Balaban J connectivity index is 1.55. The Hall–Kier alpha value is -0.980. The van der Waals surface area contributed by atoms with Crippen molar-refractivity contribution in [1.82, 2.24) is 0 Å². The van der Waals surface area contributed by atoms with Gasteiger partial charge in [-0.2, -0.15) is 0 Å². The van der Waals surface area contributed by atoms with Crippen LogP contribution in [0.4, 0.5) is 0 Å². The summed E-state index contributed by atoms with van der Waals surface area (Å²) in [4.78, 5) is 0. The van der Waals surface area contributed by atoms with Gasteiger partial charge in [-0.3, -0.25) is 0 Å². The summed E-state index contributed by atoms with van der Waals surface area (Å²) in [5, 5.41) is 9.68. The van der Waals surface area contributed by atoms with Crippen LogP contribution >= 0.6 is 0 Å². The first-order chi connectivity index (χ1) is 10.0. The van der Waals surface area contributed by atoms with E-state index in [0.717, 1.165) is 5.56 Å². The Morgan fingerprint density at radius 2 is 1.95 bits per heavy atom. The molecule has 21 heavy (non-hydrogen) atoms. The SMILES string of the molecule is CC1(C)OC2C[C@@](CO)(COCc3ccccc3)O[C@@H]2O1. The number of aliphatic hydroxyl groups excluding tert-OH is 1. The Bertz CT molecular complexity index is 457. The highest BCUT2D eigenvalue weighted by Crippen LogP contribution is 2.42.